The Morgan fingerprint density at radius 2 is 1.82 bits per heavy atom. The summed E-state index contributed by atoms with van der Waals surface area (Å²) in [7, 11) is 1.96. The van der Waals surface area contributed by atoms with Crippen molar-refractivity contribution in [2.75, 3.05) is 13.6 Å². The minimum atomic E-state index is -0.746. The van der Waals surface area contributed by atoms with Crippen LogP contribution in [0.15, 0.2) is 18.2 Å². The highest BCUT2D eigenvalue weighted by atomic mass is 16.4. The van der Waals surface area contributed by atoms with Gasteiger partial charge in [0.25, 0.3) is 0 Å². The zero-order valence-electron chi connectivity index (χ0n) is 11.0. The van der Waals surface area contributed by atoms with Crippen molar-refractivity contribution in [3.63, 3.8) is 0 Å². The molecule has 3 nitrogen and oxygen atoms in total. The minimum absolute atomic E-state index is 0.186. The molecule has 1 rings (SSSR count). The van der Waals surface area contributed by atoms with Crippen molar-refractivity contribution in [1.82, 2.24) is 4.90 Å². The molecule has 0 aromatic heterocycles. The molecule has 94 valence electrons. The van der Waals surface area contributed by atoms with Gasteiger partial charge < -0.3 is 5.11 Å². The molecule has 1 atom stereocenters. The molecule has 0 spiro atoms. The van der Waals surface area contributed by atoms with Gasteiger partial charge in [0.1, 0.15) is 0 Å². The van der Waals surface area contributed by atoms with E-state index < -0.39 is 5.97 Å². The van der Waals surface area contributed by atoms with Gasteiger partial charge in [-0.05, 0) is 33.4 Å². The fraction of sp³-hybridized carbons (Fsp3) is 0.500. The second-order valence-corrected chi connectivity index (χ2v) is 4.72. The standard InChI is InChI=1S/C14H21NO2/c1-10-7-11(2)9-13(8-10)12(3)15(4)6-5-14(16)17/h7-9,12H,5-6H2,1-4H3,(H,16,17). The Balaban J connectivity index is 2.73. The summed E-state index contributed by atoms with van der Waals surface area (Å²) >= 11 is 0. The minimum Gasteiger partial charge on any atom is -0.481 e. The van der Waals surface area contributed by atoms with Gasteiger partial charge in [-0.15, -0.1) is 0 Å². The molecule has 0 saturated carbocycles. The van der Waals surface area contributed by atoms with E-state index in [1.165, 1.54) is 16.7 Å². The van der Waals surface area contributed by atoms with Gasteiger partial charge in [-0.1, -0.05) is 29.3 Å². The van der Waals surface area contributed by atoms with E-state index in [9.17, 15) is 4.79 Å². The van der Waals surface area contributed by atoms with E-state index in [4.69, 9.17) is 5.11 Å². The molecule has 0 aliphatic heterocycles. The Labute approximate surface area is 103 Å². The first-order chi connectivity index (χ1) is 7.90. The number of carboxylic acids is 1. The Hall–Kier alpha value is -1.35. The maximum Gasteiger partial charge on any atom is 0.304 e. The molecular weight excluding hydrogens is 214 g/mol. The molecule has 0 saturated heterocycles. The fourth-order valence-electron chi connectivity index (χ4n) is 1.97. The summed E-state index contributed by atoms with van der Waals surface area (Å²) in [5.41, 5.74) is 3.74. The molecule has 0 amide bonds. The maximum absolute atomic E-state index is 10.5. The molecule has 1 aromatic rings. The summed E-state index contributed by atoms with van der Waals surface area (Å²) in [4.78, 5) is 12.6. The normalized spacial score (nSPS) is 12.8. The van der Waals surface area contributed by atoms with Gasteiger partial charge in [-0.2, -0.15) is 0 Å². The van der Waals surface area contributed by atoms with Gasteiger partial charge >= 0.3 is 5.97 Å². The lowest BCUT2D eigenvalue weighted by Gasteiger charge is -2.25. The quantitative estimate of drug-likeness (QED) is 0.853. The lowest BCUT2D eigenvalue weighted by Crippen LogP contribution is -2.25. The Morgan fingerprint density at radius 3 is 2.29 bits per heavy atom. The molecule has 0 aliphatic carbocycles. The highest BCUT2D eigenvalue weighted by Crippen LogP contribution is 2.21. The molecular formula is C14H21NO2. The predicted molar refractivity (Wildman–Crippen MR) is 69.2 cm³/mol. The second-order valence-electron chi connectivity index (χ2n) is 4.72. The summed E-state index contributed by atoms with van der Waals surface area (Å²) in [5.74, 6) is -0.746. The van der Waals surface area contributed by atoms with Crippen LogP contribution in [-0.2, 0) is 4.79 Å². The van der Waals surface area contributed by atoms with E-state index >= 15 is 0 Å². The van der Waals surface area contributed by atoms with Crippen molar-refractivity contribution >= 4 is 5.97 Å². The van der Waals surface area contributed by atoms with E-state index in [1.54, 1.807) is 0 Å². The second kappa shape index (κ2) is 5.82. The number of aryl methyl sites for hydroxylation is 2. The summed E-state index contributed by atoms with van der Waals surface area (Å²) in [6, 6.07) is 6.71. The molecule has 0 aliphatic rings. The predicted octanol–water partition coefficient (Wildman–Crippen LogP) is 2.77. The van der Waals surface area contributed by atoms with Crippen LogP contribution in [0.3, 0.4) is 0 Å². The molecule has 0 bridgehead atoms. The summed E-state index contributed by atoms with van der Waals surface area (Å²) in [6.45, 7) is 6.85. The van der Waals surface area contributed by atoms with Crippen molar-refractivity contribution in [3.8, 4) is 0 Å². The average molecular weight is 235 g/mol. The summed E-state index contributed by atoms with van der Waals surface area (Å²) < 4.78 is 0. The lowest BCUT2D eigenvalue weighted by molar-refractivity contribution is -0.137. The van der Waals surface area contributed by atoms with Crippen LogP contribution in [0, 0.1) is 13.8 Å². The number of rotatable bonds is 5. The third-order valence-corrected chi connectivity index (χ3v) is 3.07. The van der Waals surface area contributed by atoms with Crippen molar-refractivity contribution in [3.05, 3.63) is 34.9 Å². The van der Waals surface area contributed by atoms with Crippen LogP contribution in [0.25, 0.3) is 0 Å². The highest BCUT2D eigenvalue weighted by molar-refractivity contribution is 5.66. The Kier molecular flexibility index (Phi) is 4.70. The van der Waals surface area contributed by atoms with E-state index in [2.05, 4.69) is 43.9 Å². The van der Waals surface area contributed by atoms with Crippen molar-refractivity contribution in [2.45, 2.75) is 33.2 Å². The van der Waals surface area contributed by atoms with Crippen LogP contribution < -0.4 is 0 Å². The van der Waals surface area contributed by atoms with Crippen LogP contribution >= 0.6 is 0 Å². The first-order valence-electron chi connectivity index (χ1n) is 5.90. The van der Waals surface area contributed by atoms with Crippen LogP contribution in [0.5, 0.6) is 0 Å². The van der Waals surface area contributed by atoms with Gasteiger partial charge in [0, 0.05) is 12.6 Å². The van der Waals surface area contributed by atoms with Gasteiger partial charge in [0.2, 0.25) is 0 Å². The molecule has 1 N–H and O–H groups in total. The zero-order chi connectivity index (χ0) is 13.0. The van der Waals surface area contributed by atoms with Crippen LogP contribution in [0.1, 0.15) is 36.1 Å². The lowest BCUT2D eigenvalue weighted by atomic mass is 10.0. The number of nitrogens with zero attached hydrogens (tertiary/aromatic N) is 1. The molecule has 1 unspecified atom stereocenters. The molecule has 1 aromatic carbocycles. The first-order valence-corrected chi connectivity index (χ1v) is 5.90. The zero-order valence-corrected chi connectivity index (χ0v) is 11.0. The summed E-state index contributed by atoms with van der Waals surface area (Å²) in [5, 5.41) is 8.68. The average Bonchev–Trinajstić information content (AvgIpc) is 2.23. The van der Waals surface area contributed by atoms with Crippen LogP contribution in [0.4, 0.5) is 0 Å². The number of benzene rings is 1. The SMILES string of the molecule is Cc1cc(C)cc(C(C)N(C)CCC(=O)O)c1. The van der Waals surface area contributed by atoms with Crippen LogP contribution in [0.2, 0.25) is 0 Å². The largest absolute Gasteiger partial charge is 0.481 e. The van der Waals surface area contributed by atoms with Crippen molar-refractivity contribution in [1.29, 1.82) is 0 Å². The van der Waals surface area contributed by atoms with Gasteiger partial charge in [-0.3, -0.25) is 9.69 Å². The number of hydrogen-bond donors (Lipinski definition) is 1. The number of carbonyl (C=O) groups is 1. The topological polar surface area (TPSA) is 40.5 Å². The molecule has 0 radical (unpaired) electrons. The number of aliphatic carboxylic acids is 1. The monoisotopic (exact) mass is 235 g/mol. The van der Waals surface area contributed by atoms with Crippen molar-refractivity contribution in [2.24, 2.45) is 0 Å². The molecule has 0 heterocycles. The summed E-state index contributed by atoms with van der Waals surface area (Å²) in [6.07, 6.45) is 0.186. The van der Waals surface area contributed by atoms with E-state index in [0.717, 1.165) is 0 Å². The van der Waals surface area contributed by atoms with Crippen LogP contribution in [-0.4, -0.2) is 29.6 Å². The molecule has 3 heteroatoms. The van der Waals surface area contributed by atoms with Crippen molar-refractivity contribution < 1.29 is 9.90 Å². The number of hydrogen-bond acceptors (Lipinski definition) is 2. The highest BCUT2D eigenvalue weighted by Gasteiger charge is 2.13. The fourth-order valence-corrected chi connectivity index (χ4v) is 1.97. The first kappa shape index (κ1) is 13.7. The van der Waals surface area contributed by atoms with Gasteiger partial charge in [0.15, 0.2) is 0 Å². The van der Waals surface area contributed by atoms with E-state index in [-0.39, 0.29) is 12.5 Å². The Bertz CT molecular complexity index is 381. The molecule has 17 heavy (non-hydrogen) atoms. The molecule has 0 fully saturated rings. The third-order valence-electron chi connectivity index (χ3n) is 3.07. The van der Waals surface area contributed by atoms with Gasteiger partial charge in [-0.25, -0.2) is 0 Å². The Morgan fingerprint density at radius 1 is 1.29 bits per heavy atom. The van der Waals surface area contributed by atoms with E-state index in [0.29, 0.717) is 6.54 Å². The third kappa shape index (κ3) is 4.19. The maximum atomic E-state index is 10.5. The number of carboxylic acid groups (broad SMARTS) is 1. The van der Waals surface area contributed by atoms with E-state index in [1.807, 2.05) is 7.05 Å². The smallest absolute Gasteiger partial charge is 0.304 e. The van der Waals surface area contributed by atoms with Gasteiger partial charge in [0.05, 0.1) is 6.42 Å².